The number of aromatic amines is 1. The van der Waals surface area contributed by atoms with Gasteiger partial charge in [-0.3, -0.25) is 9.59 Å². The monoisotopic (exact) mass is 314 g/mol. The molecule has 1 atom stereocenters. The number of pyridine rings is 1. The molecule has 120 valence electrons. The Kier molecular flexibility index (Phi) is 4.95. The summed E-state index contributed by atoms with van der Waals surface area (Å²) in [5, 5.41) is 2.73. The average Bonchev–Trinajstić information content (AvgIpc) is 2.50. The molecule has 0 fully saturated rings. The molecule has 1 aromatic heterocycles. The SMILES string of the molecule is Cc1ccc(C)c(NC(=O)[C@H](C)OC(=O)c2cccc(=O)[nH]2)c1. The Morgan fingerprint density at radius 1 is 1.17 bits per heavy atom. The van der Waals surface area contributed by atoms with Crippen molar-refractivity contribution >= 4 is 17.6 Å². The molecule has 1 aromatic carbocycles. The molecule has 1 amide bonds. The van der Waals surface area contributed by atoms with Gasteiger partial charge in [-0.1, -0.05) is 18.2 Å². The third kappa shape index (κ3) is 4.29. The fraction of sp³-hybridized carbons (Fsp3) is 0.235. The number of benzene rings is 1. The fourth-order valence-corrected chi connectivity index (χ4v) is 1.95. The first kappa shape index (κ1) is 16.5. The van der Waals surface area contributed by atoms with Gasteiger partial charge in [0.05, 0.1) is 0 Å². The van der Waals surface area contributed by atoms with Gasteiger partial charge in [0, 0.05) is 11.8 Å². The Morgan fingerprint density at radius 2 is 1.91 bits per heavy atom. The zero-order valence-electron chi connectivity index (χ0n) is 13.2. The van der Waals surface area contributed by atoms with Crippen LogP contribution < -0.4 is 10.9 Å². The van der Waals surface area contributed by atoms with Crippen LogP contribution in [0.1, 0.15) is 28.5 Å². The van der Waals surface area contributed by atoms with Crippen LogP contribution in [0.5, 0.6) is 0 Å². The molecule has 0 bridgehead atoms. The highest BCUT2D eigenvalue weighted by Crippen LogP contribution is 2.17. The van der Waals surface area contributed by atoms with Crippen LogP contribution in [-0.4, -0.2) is 23.0 Å². The molecule has 0 aliphatic carbocycles. The maximum Gasteiger partial charge on any atom is 0.355 e. The molecule has 23 heavy (non-hydrogen) atoms. The van der Waals surface area contributed by atoms with E-state index in [0.29, 0.717) is 5.69 Å². The third-order valence-electron chi connectivity index (χ3n) is 3.29. The van der Waals surface area contributed by atoms with Gasteiger partial charge in [0.1, 0.15) is 5.69 Å². The van der Waals surface area contributed by atoms with Gasteiger partial charge in [-0.05, 0) is 44.0 Å². The van der Waals surface area contributed by atoms with E-state index in [1.807, 2.05) is 32.0 Å². The summed E-state index contributed by atoms with van der Waals surface area (Å²) in [5.74, 6) is -1.20. The summed E-state index contributed by atoms with van der Waals surface area (Å²) in [6, 6.07) is 9.83. The highest BCUT2D eigenvalue weighted by atomic mass is 16.5. The first-order valence-electron chi connectivity index (χ1n) is 7.15. The summed E-state index contributed by atoms with van der Waals surface area (Å²) in [6.45, 7) is 5.27. The number of aryl methyl sites for hydroxylation is 2. The quantitative estimate of drug-likeness (QED) is 0.847. The van der Waals surface area contributed by atoms with Crippen molar-refractivity contribution < 1.29 is 14.3 Å². The zero-order chi connectivity index (χ0) is 17.0. The van der Waals surface area contributed by atoms with E-state index in [9.17, 15) is 14.4 Å². The molecule has 6 heteroatoms. The number of hydrogen-bond acceptors (Lipinski definition) is 4. The molecule has 2 N–H and O–H groups in total. The number of carbonyl (C=O) groups excluding carboxylic acids is 2. The van der Waals surface area contributed by atoms with Crippen molar-refractivity contribution in [2.45, 2.75) is 26.9 Å². The van der Waals surface area contributed by atoms with Gasteiger partial charge >= 0.3 is 5.97 Å². The summed E-state index contributed by atoms with van der Waals surface area (Å²) in [4.78, 5) is 37.6. The van der Waals surface area contributed by atoms with Crippen LogP contribution in [0.15, 0.2) is 41.2 Å². The minimum Gasteiger partial charge on any atom is -0.448 e. The average molecular weight is 314 g/mol. The van der Waals surface area contributed by atoms with Gasteiger partial charge in [0.15, 0.2) is 6.10 Å². The predicted octanol–water partition coefficient (Wildman–Crippen LogP) is 2.18. The number of nitrogens with one attached hydrogen (secondary N) is 2. The van der Waals surface area contributed by atoms with E-state index in [1.54, 1.807) is 0 Å². The predicted molar refractivity (Wildman–Crippen MR) is 86.5 cm³/mol. The lowest BCUT2D eigenvalue weighted by Gasteiger charge is -2.15. The van der Waals surface area contributed by atoms with Crippen LogP contribution in [0.3, 0.4) is 0 Å². The molecule has 1 heterocycles. The maximum absolute atomic E-state index is 12.1. The Bertz CT molecular complexity index is 795. The first-order chi connectivity index (χ1) is 10.9. The highest BCUT2D eigenvalue weighted by molar-refractivity contribution is 5.97. The molecule has 0 aliphatic heterocycles. The normalized spacial score (nSPS) is 11.6. The summed E-state index contributed by atoms with van der Waals surface area (Å²) in [6.07, 6.45) is -0.994. The van der Waals surface area contributed by atoms with E-state index in [1.165, 1.54) is 25.1 Å². The van der Waals surface area contributed by atoms with Crippen molar-refractivity contribution in [2.75, 3.05) is 5.32 Å². The van der Waals surface area contributed by atoms with Gasteiger partial charge in [0.2, 0.25) is 5.56 Å². The maximum atomic E-state index is 12.1. The van der Waals surface area contributed by atoms with Gasteiger partial charge in [0.25, 0.3) is 5.91 Å². The molecule has 0 aliphatic rings. The molecular formula is C17H18N2O4. The molecule has 0 spiro atoms. The topological polar surface area (TPSA) is 88.3 Å². The van der Waals surface area contributed by atoms with E-state index >= 15 is 0 Å². The lowest BCUT2D eigenvalue weighted by molar-refractivity contribution is -0.123. The molecule has 2 rings (SSSR count). The summed E-state index contributed by atoms with van der Waals surface area (Å²) < 4.78 is 5.07. The fourth-order valence-electron chi connectivity index (χ4n) is 1.95. The van der Waals surface area contributed by atoms with Gasteiger partial charge in [-0.2, -0.15) is 0 Å². The van der Waals surface area contributed by atoms with Crippen LogP contribution in [0.2, 0.25) is 0 Å². The van der Waals surface area contributed by atoms with Crippen LogP contribution in [0.25, 0.3) is 0 Å². The molecule has 0 saturated heterocycles. The van der Waals surface area contributed by atoms with Crippen molar-refractivity contribution in [1.29, 1.82) is 0 Å². The molecule has 0 radical (unpaired) electrons. The number of ether oxygens (including phenoxy) is 1. The number of aromatic nitrogens is 1. The summed E-state index contributed by atoms with van der Waals surface area (Å²) in [7, 11) is 0. The van der Waals surface area contributed by atoms with Crippen LogP contribution in [0.4, 0.5) is 5.69 Å². The van der Waals surface area contributed by atoms with Crippen molar-refractivity contribution in [1.82, 2.24) is 4.98 Å². The van der Waals surface area contributed by atoms with Crippen molar-refractivity contribution in [3.63, 3.8) is 0 Å². The van der Waals surface area contributed by atoms with E-state index < -0.39 is 23.5 Å². The zero-order valence-corrected chi connectivity index (χ0v) is 13.2. The Labute approximate surface area is 133 Å². The number of rotatable bonds is 4. The van der Waals surface area contributed by atoms with E-state index in [4.69, 9.17) is 4.74 Å². The van der Waals surface area contributed by atoms with Crippen LogP contribution in [-0.2, 0) is 9.53 Å². The second-order valence-corrected chi connectivity index (χ2v) is 5.28. The number of hydrogen-bond donors (Lipinski definition) is 2. The summed E-state index contributed by atoms with van der Waals surface area (Å²) in [5.41, 5.74) is 2.19. The second kappa shape index (κ2) is 6.91. The standard InChI is InChI=1S/C17H18N2O4/c1-10-7-8-11(2)14(9-10)19-16(21)12(3)23-17(22)13-5-4-6-15(20)18-13/h4-9,12H,1-3H3,(H,18,20)(H,19,21)/t12-/m0/s1. The van der Waals surface area contributed by atoms with Crippen LogP contribution >= 0.6 is 0 Å². The number of H-pyrrole nitrogens is 1. The first-order valence-corrected chi connectivity index (χ1v) is 7.15. The summed E-state index contributed by atoms with van der Waals surface area (Å²) >= 11 is 0. The Balaban J connectivity index is 2.04. The van der Waals surface area contributed by atoms with Gasteiger partial charge in [-0.15, -0.1) is 0 Å². The minimum atomic E-state index is -0.994. The smallest absolute Gasteiger partial charge is 0.355 e. The number of anilines is 1. The van der Waals surface area contributed by atoms with Gasteiger partial charge in [-0.25, -0.2) is 4.79 Å². The Hall–Kier alpha value is -2.89. The van der Waals surface area contributed by atoms with Gasteiger partial charge < -0.3 is 15.0 Å². The minimum absolute atomic E-state index is 0.00360. The van der Waals surface area contributed by atoms with E-state index in [0.717, 1.165) is 11.1 Å². The number of carbonyl (C=O) groups is 2. The van der Waals surface area contributed by atoms with E-state index in [-0.39, 0.29) is 5.69 Å². The van der Waals surface area contributed by atoms with Crippen LogP contribution in [0, 0.1) is 13.8 Å². The molecule has 0 unspecified atom stereocenters. The lowest BCUT2D eigenvalue weighted by Crippen LogP contribution is -2.30. The molecular weight excluding hydrogens is 296 g/mol. The highest BCUT2D eigenvalue weighted by Gasteiger charge is 2.20. The number of esters is 1. The van der Waals surface area contributed by atoms with Crippen molar-refractivity contribution in [2.24, 2.45) is 0 Å². The molecule has 0 saturated carbocycles. The van der Waals surface area contributed by atoms with E-state index in [2.05, 4.69) is 10.3 Å². The number of amides is 1. The lowest BCUT2D eigenvalue weighted by atomic mass is 10.1. The van der Waals surface area contributed by atoms with Crippen molar-refractivity contribution in [3.8, 4) is 0 Å². The molecule has 2 aromatic rings. The second-order valence-electron chi connectivity index (χ2n) is 5.28. The third-order valence-corrected chi connectivity index (χ3v) is 3.29. The molecule has 6 nitrogen and oxygen atoms in total. The largest absolute Gasteiger partial charge is 0.448 e. The van der Waals surface area contributed by atoms with Crippen molar-refractivity contribution in [3.05, 3.63) is 63.6 Å². The Morgan fingerprint density at radius 3 is 2.61 bits per heavy atom.